The third-order valence-corrected chi connectivity index (χ3v) is 7.29. The number of hydrogen-bond donors (Lipinski definition) is 2. The van der Waals surface area contributed by atoms with Gasteiger partial charge in [0, 0.05) is 71.3 Å². The van der Waals surface area contributed by atoms with Crippen molar-refractivity contribution in [1.29, 1.82) is 0 Å². The van der Waals surface area contributed by atoms with Gasteiger partial charge in [0.05, 0.1) is 11.8 Å². The summed E-state index contributed by atoms with van der Waals surface area (Å²) in [5.74, 6) is -0.594. The molecule has 204 valence electrons. The van der Waals surface area contributed by atoms with Gasteiger partial charge in [-0.2, -0.15) is 8.42 Å². The largest absolute Gasteiger partial charge is 0.422 e. The highest BCUT2D eigenvalue weighted by atomic mass is 32.2. The van der Waals surface area contributed by atoms with Crippen LogP contribution in [0.2, 0.25) is 0 Å². The first-order chi connectivity index (χ1) is 18.0. The molecule has 11 nitrogen and oxygen atoms in total. The van der Waals surface area contributed by atoms with Crippen LogP contribution in [0.3, 0.4) is 0 Å². The fourth-order valence-electron chi connectivity index (χ4n) is 4.10. The molecule has 1 fully saturated rings. The van der Waals surface area contributed by atoms with Crippen molar-refractivity contribution in [2.75, 3.05) is 46.1 Å². The fraction of sp³-hybridized carbons (Fsp3) is 0.360. The maximum absolute atomic E-state index is 15.3. The SMILES string of the molecule is CNS(=O)(=O)Nc1cccc(Cc2c(CN3CC(OC)C3)c3ccc(OC(=O)N(C)C)cc3oc2=O)c1F. The smallest absolute Gasteiger partial charge is 0.414 e. The number of rotatable bonds is 9. The first kappa shape index (κ1) is 27.5. The molecule has 38 heavy (non-hydrogen) atoms. The Morgan fingerprint density at radius 2 is 1.95 bits per heavy atom. The average Bonchev–Trinajstić information content (AvgIpc) is 2.84. The van der Waals surface area contributed by atoms with Crippen LogP contribution in [0.5, 0.6) is 5.75 Å². The minimum absolute atomic E-state index is 0.0798. The molecule has 0 aliphatic carbocycles. The molecule has 2 aromatic carbocycles. The highest BCUT2D eigenvalue weighted by Gasteiger charge is 2.29. The summed E-state index contributed by atoms with van der Waals surface area (Å²) < 4.78 is 59.5. The number of ether oxygens (including phenoxy) is 2. The monoisotopic (exact) mass is 548 g/mol. The first-order valence-electron chi connectivity index (χ1n) is 11.7. The van der Waals surface area contributed by atoms with E-state index in [4.69, 9.17) is 13.9 Å². The Balaban J connectivity index is 1.76. The molecule has 1 amide bonds. The number of nitrogens with zero attached hydrogens (tertiary/aromatic N) is 2. The predicted molar refractivity (Wildman–Crippen MR) is 139 cm³/mol. The van der Waals surface area contributed by atoms with Crippen molar-refractivity contribution >= 4 is 33.0 Å². The molecule has 0 radical (unpaired) electrons. The van der Waals surface area contributed by atoms with Crippen molar-refractivity contribution in [3.05, 3.63) is 69.3 Å². The second-order valence-corrected chi connectivity index (χ2v) is 10.7. The number of amides is 1. The highest BCUT2D eigenvalue weighted by Crippen LogP contribution is 2.30. The van der Waals surface area contributed by atoms with Crippen molar-refractivity contribution in [3.8, 4) is 5.75 Å². The number of hydrogen-bond acceptors (Lipinski definition) is 8. The summed E-state index contributed by atoms with van der Waals surface area (Å²) in [4.78, 5) is 28.5. The quantitative estimate of drug-likeness (QED) is 0.390. The molecular weight excluding hydrogens is 519 g/mol. The van der Waals surface area contributed by atoms with E-state index in [1.54, 1.807) is 33.3 Å². The molecule has 2 N–H and O–H groups in total. The molecule has 0 saturated carbocycles. The van der Waals surface area contributed by atoms with Gasteiger partial charge in [-0.25, -0.2) is 18.7 Å². The Morgan fingerprint density at radius 1 is 1.21 bits per heavy atom. The number of anilines is 1. The van der Waals surface area contributed by atoms with Crippen LogP contribution in [0.4, 0.5) is 14.9 Å². The van der Waals surface area contributed by atoms with Crippen molar-refractivity contribution < 1.29 is 31.5 Å². The fourth-order valence-corrected chi connectivity index (χ4v) is 4.65. The Hall–Kier alpha value is -3.52. The number of carbonyl (C=O) groups is 1. The maximum atomic E-state index is 15.3. The molecule has 4 rings (SSSR count). The number of carbonyl (C=O) groups excluding carboxylic acids is 1. The van der Waals surface area contributed by atoms with E-state index < -0.39 is 27.7 Å². The van der Waals surface area contributed by atoms with Gasteiger partial charge in [-0.05, 0) is 29.3 Å². The average molecular weight is 549 g/mol. The number of nitrogens with one attached hydrogen (secondary N) is 2. The van der Waals surface area contributed by atoms with Crippen LogP contribution in [0.15, 0.2) is 45.6 Å². The molecule has 0 spiro atoms. The van der Waals surface area contributed by atoms with Gasteiger partial charge in [0.1, 0.15) is 11.3 Å². The Morgan fingerprint density at radius 3 is 2.61 bits per heavy atom. The van der Waals surface area contributed by atoms with Gasteiger partial charge >= 0.3 is 11.7 Å². The van der Waals surface area contributed by atoms with Gasteiger partial charge in [-0.15, -0.1) is 0 Å². The lowest BCUT2D eigenvalue weighted by atomic mass is 9.96. The summed E-state index contributed by atoms with van der Waals surface area (Å²) in [6.07, 6.45) is -0.636. The molecule has 0 bridgehead atoms. The van der Waals surface area contributed by atoms with Crippen LogP contribution in [-0.2, 0) is 27.9 Å². The van der Waals surface area contributed by atoms with Gasteiger partial charge < -0.3 is 18.8 Å². The zero-order valence-electron chi connectivity index (χ0n) is 21.4. The molecule has 0 unspecified atom stereocenters. The van der Waals surface area contributed by atoms with Crippen molar-refractivity contribution in [3.63, 3.8) is 0 Å². The van der Waals surface area contributed by atoms with E-state index in [9.17, 15) is 18.0 Å². The van der Waals surface area contributed by atoms with E-state index in [0.29, 0.717) is 30.6 Å². The lowest BCUT2D eigenvalue weighted by Crippen LogP contribution is -2.51. The van der Waals surface area contributed by atoms with Crippen LogP contribution in [0.25, 0.3) is 11.0 Å². The summed E-state index contributed by atoms with van der Waals surface area (Å²) in [5, 5.41) is 0.609. The molecule has 2 heterocycles. The summed E-state index contributed by atoms with van der Waals surface area (Å²) in [6, 6.07) is 9.02. The minimum Gasteiger partial charge on any atom is -0.422 e. The zero-order chi connectivity index (χ0) is 27.6. The van der Waals surface area contributed by atoms with Crippen molar-refractivity contribution in [2.24, 2.45) is 0 Å². The minimum atomic E-state index is -3.95. The number of methoxy groups -OCH3 is 1. The van der Waals surface area contributed by atoms with E-state index in [0.717, 1.165) is 0 Å². The van der Waals surface area contributed by atoms with Crippen LogP contribution in [0, 0.1) is 5.82 Å². The molecule has 3 aromatic rings. The van der Waals surface area contributed by atoms with Gasteiger partial charge in [-0.1, -0.05) is 12.1 Å². The Kier molecular flexibility index (Phi) is 8.02. The van der Waals surface area contributed by atoms with Crippen LogP contribution in [-0.4, -0.2) is 71.8 Å². The highest BCUT2D eigenvalue weighted by molar-refractivity contribution is 7.90. The van der Waals surface area contributed by atoms with Crippen LogP contribution in [0.1, 0.15) is 16.7 Å². The first-order valence-corrected chi connectivity index (χ1v) is 13.2. The lowest BCUT2D eigenvalue weighted by molar-refractivity contribution is -0.0333. The van der Waals surface area contributed by atoms with E-state index in [2.05, 4.69) is 14.3 Å². The predicted octanol–water partition coefficient (Wildman–Crippen LogP) is 2.29. The molecule has 1 saturated heterocycles. The topological polar surface area (TPSA) is 130 Å². The molecule has 1 aliphatic rings. The number of likely N-dealkylation sites (tertiary alicyclic amines) is 1. The number of fused-ring (bicyclic) bond motifs is 1. The summed E-state index contributed by atoms with van der Waals surface area (Å²) in [6.45, 7) is 1.69. The lowest BCUT2D eigenvalue weighted by Gasteiger charge is -2.38. The maximum Gasteiger partial charge on any atom is 0.414 e. The van der Waals surface area contributed by atoms with Crippen LogP contribution < -0.4 is 19.8 Å². The third-order valence-electron chi connectivity index (χ3n) is 6.26. The van der Waals surface area contributed by atoms with Crippen LogP contribution >= 0.6 is 0 Å². The van der Waals surface area contributed by atoms with Gasteiger partial charge in [0.25, 0.3) is 10.2 Å². The van der Waals surface area contributed by atoms with E-state index >= 15 is 4.39 Å². The van der Waals surface area contributed by atoms with E-state index in [1.807, 2.05) is 0 Å². The van der Waals surface area contributed by atoms with Crippen molar-refractivity contribution in [2.45, 2.75) is 19.1 Å². The molecule has 1 aromatic heterocycles. The summed E-state index contributed by atoms with van der Waals surface area (Å²) in [7, 11) is 1.99. The normalized spacial score (nSPS) is 14.3. The standard InChI is InChI=1S/C25H29FN4O7S/c1-27-38(33,34)28-21-7-5-6-15(23(21)26)10-19-20(14-30-12-17(13-30)35-4)18-9-8-16(36-25(32)29(2)3)11-22(18)37-24(19)31/h5-9,11,17,27-28H,10,12-14H2,1-4H3. The summed E-state index contributed by atoms with van der Waals surface area (Å²) in [5.41, 5.74) is 0.289. The van der Waals surface area contributed by atoms with E-state index in [-0.39, 0.29) is 40.7 Å². The Labute approximate surface area is 219 Å². The molecule has 13 heteroatoms. The molecule has 0 atom stereocenters. The van der Waals surface area contributed by atoms with E-state index in [1.165, 1.54) is 36.2 Å². The van der Waals surface area contributed by atoms with Gasteiger partial charge in [-0.3, -0.25) is 9.62 Å². The number of halogens is 1. The van der Waals surface area contributed by atoms with Gasteiger partial charge in [0.15, 0.2) is 5.82 Å². The second kappa shape index (κ2) is 11.1. The third kappa shape index (κ3) is 5.96. The number of benzene rings is 2. The summed E-state index contributed by atoms with van der Waals surface area (Å²) >= 11 is 0. The van der Waals surface area contributed by atoms with Crippen molar-refractivity contribution in [1.82, 2.24) is 14.5 Å². The second-order valence-electron chi connectivity index (χ2n) is 9.08. The zero-order valence-corrected chi connectivity index (χ0v) is 22.2. The Bertz CT molecular complexity index is 1520. The molecular formula is C25H29FN4O7S. The van der Waals surface area contributed by atoms with Gasteiger partial charge in [0.2, 0.25) is 0 Å². The molecule has 1 aliphatic heterocycles.